The molecule has 0 aliphatic heterocycles. The van der Waals surface area contributed by atoms with E-state index in [1.165, 1.54) is 10.9 Å². The van der Waals surface area contributed by atoms with E-state index in [1.807, 2.05) is 42.0 Å². The molecule has 0 spiro atoms. The Morgan fingerprint density at radius 3 is 2.25 bits per heavy atom. The molecule has 2 rings (SSSR count). The van der Waals surface area contributed by atoms with Crippen molar-refractivity contribution < 1.29 is 9.59 Å². The van der Waals surface area contributed by atoms with Crippen molar-refractivity contribution in [1.29, 1.82) is 0 Å². The van der Waals surface area contributed by atoms with Gasteiger partial charge in [-0.05, 0) is 19.1 Å². The molecule has 1 aromatic carbocycles. The summed E-state index contributed by atoms with van der Waals surface area (Å²) in [6.45, 7) is 1.95. The monoisotopic (exact) mass is 274 g/mol. The van der Waals surface area contributed by atoms with Crippen molar-refractivity contribution in [3.63, 3.8) is 0 Å². The van der Waals surface area contributed by atoms with Gasteiger partial charge in [0.25, 0.3) is 11.8 Å². The van der Waals surface area contributed by atoms with Crippen LogP contribution in [0.15, 0.2) is 30.5 Å². The minimum atomic E-state index is -0.672. The lowest BCUT2D eigenvalue weighted by atomic mass is 10.2. The second kappa shape index (κ2) is 5.51. The van der Waals surface area contributed by atoms with Crippen LogP contribution in [0.25, 0.3) is 5.69 Å². The molecule has 0 aliphatic carbocycles. The molecular weight excluding hydrogens is 260 g/mol. The zero-order valence-corrected chi connectivity index (χ0v) is 10.8. The van der Waals surface area contributed by atoms with Gasteiger partial charge in [0.1, 0.15) is 0 Å². The standard InChI is InChI=1S/C12H14N6O2/c1-7-2-4-8(5-3-7)18-6-9(11(19)15-13)10(17-18)12(20)16-14/h2-6H,13-14H2,1H3,(H,15,19)(H,16,20). The number of nitrogens with one attached hydrogen (secondary N) is 2. The largest absolute Gasteiger partial charge is 0.290 e. The summed E-state index contributed by atoms with van der Waals surface area (Å²) in [5.74, 6) is 8.86. The molecule has 0 fully saturated rings. The van der Waals surface area contributed by atoms with Crippen LogP contribution in [0.2, 0.25) is 0 Å². The Kier molecular flexibility index (Phi) is 3.78. The van der Waals surface area contributed by atoms with E-state index in [2.05, 4.69) is 5.10 Å². The lowest BCUT2D eigenvalue weighted by Gasteiger charge is -2.01. The quantitative estimate of drug-likeness (QED) is 0.337. The van der Waals surface area contributed by atoms with Crippen LogP contribution in [0.5, 0.6) is 0 Å². The molecule has 0 unspecified atom stereocenters. The third kappa shape index (κ3) is 2.51. The van der Waals surface area contributed by atoms with Crippen molar-refractivity contribution in [2.75, 3.05) is 0 Å². The highest BCUT2D eigenvalue weighted by Crippen LogP contribution is 2.13. The van der Waals surface area contributed by atoms with Crippen molar-refractivity contribution in [2.24, 2.45) is 11.7 Å². The number of rotatable bonds is 3. The Morgan fingerprint density at radius 2 is 1.70 bits per heavy atom. The zero-order valence-electron chi connectivity index (χ0n) is 10.8. The number of amides is 2. The predicted octanol–water partition coefficient (Wildman–Crippen LogP) is -0.612. The van der Waals surface area contributed by atoms with Crippen LogP contribution in [-0.4, -0.2) is 21.6 Å². The first kappa shape index (κ1) is 13.7. The number of nitrogens with two attached hydrogens (primary N) is 2. The van der Waals surface area contributed by atoms with Crippen LogP contribution in [0.4, 0.5) is 0 Å². The normalized spacial score (nSPS) is 10.2. The summed E-state index contributed by atoms with van der Waals surface area (Å²) in [7, 11) is 0. The number of aromatic nitrogens is 2. The Balaban J connectivity index is 2.51. The van der Waals surface area contributed by atoms with E-state index in [0.29, 0.717) is 5.69 Å². The average Bonchev–Trinajstić information content (AvgIpc) is 2.91. The van der Waals surface area contributed by atoms with E-state index in [-0.39, 0.29) is 11.3 Å². The maximum Gasteiger partial charge on any atom is 0.286 e. The van der Waals surface area contributed by atoms with E-state index in [1.54, 1.807) is 0 Å². The lowest BCUT2D eigenvalue weighted by molar-refractivity contribution is 0.0917. The molecule has 0 atom stereocenters. The number of aryl methyl sites for hydroxylation is 1. The molecule has 20 heavy (non-hydrogen) atoms. The number of hydrogen-bond acceptors (Lipinski definition) is 5. The Hall–Kier alpha value is -2.71. The van der Waals surface area contributed by atoms with Gasteiger partial charge in [0, 0.05) is 6.20 Å². The molecule has 0 saturated heterocycles. The molecule has 6 N–H and O–H groups in total. The van der Waals surface area contributed by atoms with E-state index < -0.39 is 11.8 Å². The van der Waals surface area contributed by atoms with E-state index in [9.17, 15) is 9.59 Å². The first-order valence-corrected chi connectivity index (χ1v) is 5.75. The van der Waals surface area contributed by atoms with Gasteiger partial charge in [0.15, 0.2) is 5.69 Å². The molecule has 8 heteroatoms. The molecule has 2 aromatic rings. The highest BCUT2D eigenvalue weighted by Gasteiger charge is 2.21. The molecule has 0 radical (unpaired) electrons. The van der Waals surface area contributed by atoms with Crippen molar-refractivity contribution in [3.8, 4) is 5.69 Å². The SMILES string of the molecule is Cc1ccc(-n2cc(C(=O)NN)c(C(=O)NN)n2)cc1. The molecule has 0 aliphatic rings. The van der Waals surface area contributed by atoms with Crippen molar-refractivity contribution >= 4 is 11.8 Å². The summed E-state index contributed by atoms with van der Waals surface area (Å²) in [4.78, 5) is 23.3. The van der Waals surface area contributed by atoms with Crippen molar-refractivity contribution in [1.82, 2.24) is 20.6 Å². The fourth-order valence-electron chi connectivity index (χ4n) is 1.68. The average molecular weight is 274 g/mol. The van der Waals surface area contributed by atoms with Crippen LogP contribution >= 0.6 is 0 Å². The zero-order chi connectivity index (χ0) is 14.7. The van der Waals surface area contributed by atoms with Crippen LogP contribution in [-0.2, 0) is 0 Å². The maximum absolute atomic E-state index is 11.6. The summed E-state index contributed by atoms with van der Waals surface area (Å²) >= 11 is 0. The highest BCUT2D eigenvalue weighted by atomic mass is 16.2. The van der Waals surface area contributed by atoms with Crippen LogP contribution in [0.1, 0.15) is 26.4 Å². The third-order valence-electron chi connectivity index (χ3n) is 2.73. The smallest absolute Gasteiger partial charge is 0.286 e. The minimum absolute atomic E-state index is 0.0380. The number of hydrogen-bond donors (Lipinski definition) is 4. The number of benzene rings is 1. The van der Waals surface area contributed by atoms with Crippen LogP contribution in [0, 0.1) is 6.92 Å². The Morgan fingerprint density at radius 1 is 1.10 bits per heavy atom. The molecule has 0 saturated carbocycles. The number of nitrogens with zero attached hydrogens (tertiary/aromatic N) is 2. The van der Waals surface area contributed by atoms with Gasteiger partial charge in [-0.25, -0.2) is 16.4 Å². The van der Waals surface area contributed by atoms with Gasteiger partial charge >= 0.3 is 0 Å². The van der Waals surface area contributed by atoms with Gasteiger partial charge in [-0.2, -0.15) is 5.10 Å². The van der Waals surface area contributed by atoms with Crippen molar-refractivity contribution in [3.05, 3.63) is 47.3 Å². The summed E-state index contributed by atoms with van der Waals surface area (Å²) in [6, 6.07) is 7.41. The summed E-state index contributed by atoms with van der Waals surface area (Å²) in [5, 5.41) is 4.06. The van der Waals surface area contributed by atoms with E-state index in [4.69, 9.17) is 11.7 Å². The van der Waals surface area contributed by atoms with Crippen molar-refractivity contribution in [2.45, 2.75) is 6.92 Å². The number of carbonyl (C=O) groups is 2. The Bertz CT molecular complexity index is 613. The predicted molar refractivity (Wildman–Crippen MR) is 71.6 cm³/mol. The lowest BCUT2D eigenvalue weighted by Crippen LogP contribution is -2.35. The number of nitrogen functional groups attached to an aromatic ring is 2. The van der Waals surface area contributed by atoms with Gasteiger partial charge in [-0.3, -0.25) is 20.4 Å². The minimum Gasteiger partial charge on any atom is -0.290 e. The van der Waals surface area contributed by atoms with E-state index >= 15 is 0 Å². The molecule has 8 nitrogen and oxygen atoms in total. The summed E-state index contributed by atoms with van der Waals surface area (Å²) in [5.41, 5.74) is 5.63. The fourth-order valence-corrected chi connectivity index (χ4v) is 1.68. The molecular formula is C12H14N6O2. The fraction of sp³-hybridized carbons (Fsp3) is 0.0833. The third-order valence-corrected chi connectivity index (χ3v) is 2.73. The number of carbonyl (C=O) groups excluding carboxylic acids is 2. The van der Waals surface area contributed by atoms with Gasteiger partial charge in [-0.15, -0.1) is 0 Å². The van der Waals surface area contributed by atoms with E-state index in [0.717, 1.165) is 5.56 Å². The topological polar surface area (TPSA) is 128 Å². The van der Waals surface area contributed by atoms with Gasteiger partial charge in [0.05, 0.1) is 11.3 Å². The molecule has 2 amide bonds. The second-order valence-electron chi connectivity index (χ2n) is 4.12. The first-order chi connectivity index (χ1) is 9.56. The van der Waals surface area contributed by atoms with Gasteiger partial charge in [-0.1, -0.05) is 17.7 Å². The van der Waals surface area contributed by atoms with Crippen LogP contribution < -0.4 is 22.5 Å². The maximum atomic E-state index is 11.6. The summed E-state index contributed by atoms with van der Waals surface area (Å²) < 4.78 is 1.41. The first-order valence-electron chi connectivity index (χ1n) is 5.75. The molecule has 104 valence electrons. The highest BCUT2D eigenvalue weighted by molar-refractivity contribution is 6.05. The van der Waals surface area contributed by atoms with Crippen LogP contribution in [0.3, 0.4) is 0 Å². The molecule has 1 heterocycles. The van der Waals surface area contributed by atoms with Gasteiger partial charge in [0.2, 0.25) is 0 Å². The molecule has 1 aromatic heterocycles. The number of hydrazine groups is 2. The summed E-state index contributed by atoms with van der Waals surface area (Å²) in [6.07, 6.45) is 1.41. The van der Waals surface area contributed by atoms with Gasteiger partial charge < -0.3 is 0 Å². The second-order valence-corrected chi connectivity index (χ2v) is 4.12. The Labute approximate surface area is 114 Å². The molecule has 0 bridgehead atoms.